The van der Waals surface area contributed by atoms with Crippen LogP contribution in [0.4, 0.5) is 0 Å². The minimum Gasteiger partial charge on any atom is -0.329 e. The summed E-state index contributed by atoms with van der Waals surface area (Å²) in [5, 5.41) is 0. The Bertz CT molecular complexity index is 429. The van der Waals surface area contributed by atoms with Gasteiger partial charge >= 0.3 is 0 Å². The second-order valence-corrected chi connectivity index (χ2v) is 6.72. The molecule has 0 spiro atoms. The van der Waals surface area contributed by atoms with E-state index in [1.807, 2.05) is 0 Å². The first-order valence-corrected chi connectivity index (χ1v) is 7.48. The summed E-state index contributed by atoms with van der Waals surface area (Å²) in [7, 11) is 0. The van der Waals surface area contributed by atoms with Gasteiger partial charge in [0.1, 0.15) is 0 Å². The van der Waals surface area contributed by atoms with Crippen LogP contribution >= 0.6 is 15.9 Å². The minimum atomic E-state index is 0.265. The molecule has 2 N–H and O–H groups in total. The molecule has 1 saturated heterocycles. The van der Waals surface area contributed by atoms with Crippen molar-refractivity contribution in [3.8, 4) is 0 Å². The van der Waals surface area contributed by atoms with Crippen LogP contribution in [0.1, 0.15) is 43.9 Å². The number of rotatable bonds is 3. The molecule has 1 fully saturated rings. The molecule has 0 saturated carbocycles. The van der Waals surface area contributed by atoms with Crippen LogP contribution in [0, 0.1) is 6.92 Å². The third-order valence-electron chi connectivity index (χ3n) is 4.15. The highest BCUT2D eigenvalue weighted by Crippen LogP contribution is 2.36. The van der Waals surface area contributed by atoms with E-state index in [1.165, 1.54) is 28.4 Å². The van der Waals surface area contributed by atoms with Gasteiger partial charge in [0.25, 0.3) is 0 Å². The van der Waals surface area contributed by atoms with Crippen molar-refractivity contribution in [1.29, 1.82) is 0 Å². The van der Waals surface area contributed by atoms with Crippen LogP contribution in [0.15, 0.2) is 22.7 Å². The van der Waals surface area contributed by atoms with Gasteiger partial charge in [-0.3, -0.25) is 4.90 Å². The molecule has 0 aromatic heterocycles. The molecule has 18 heavy (non-hydrogen) atoms. The van der Waals surface area contributed by atoms with Crippen molar-refractivity contribution in [2.24, 2.45) is 5.73 Å². The molecular formula is C15H23BrN2. The molecule has 0 amide bonds. The van der Waals surface area contributed by atoms with Gasteiger partial charge in [-0.25, -0.2) is 0 Å². The molecule has 1 aliphatic rings. The van der Waals surface area contributed by atoms with E-state index < -0.39 is 0 Å². The number of aryl methyl sites for hydroxylation is 1. The molecule has 1 heterocycles. The first-order chi connectivity index (χ1) is 8.45. The lowest BCUT2D eigenvalue weighted by Gasteiger charge is -2.38. The van der Waals surface area contributed by atoms with Crippen molar-refractivity contribution in [3.05, 3.63) is 33.8 Å². The normalized spacial score (nSPS) is 21.2. The van der Waals surface area contributed by atoms with E-state index in [1.54, 1.807) is 0 Å². The predicted molar refractivity (Wildman–Crippen MR) is 80.7 cm³/mol. The summed E-state index contributed by atoms with van der Waals surface area (Å²) in [6.45, 7) is 8.60. The van der Waals surface area contributed by atoms with E-state index in [-0.39, 0.29) is 5.54 Å². The summed E-state index contributed by atoms with van der Waals surface area (Å²) in [6, 6.07) is 6.94. The molecule has 100 valence electrons. The van der Waals surface area contributed by atoms with Crippen molar-refractivity contribution in [1.82, 2.24) is 4.90 Å². The molecule has 1 atom stereocenters. The highest BCUT2D eigenvalue weighted by atomic mass is 79.9. The van der Waals surface area contributed by atoms with Crippen LogP contribution in [0.2, 0.25) is 0 Å². The fraction of sp³-hybridized carbons (Fsp3) is 0.600. The van der Waals surface area contributed by atoms with Crippen LogP contribution in [0.3, 0.4) is 0 Å². The van der Waals surface area contributed by atoms with Crippen LogP contribution in [0.25, 0.3) is 0 Å². The Kier molecular flexibility index (Phi) is 4.15. The number of hydrogen-bond donors (Lipinski definition) is 1. The monoisotopic (exact) mass is 310 g/mol. The largest absolute Gasteiger partial charge is 0.329 e. The summed E-state index contributed by atoms with van der Waals surface area (Å²) in [5.41, 5.74) is 8.90. The van der Waals surface area contributed by atoms with Crippen LogP contribution in [-0.4, -0.2) is 23.5 Å². The van der Waals surface area contributed by atoms with Crippen molar-refractivity contribution in [2.75, 3.05) is 13.1 Å². The lowest BCUT2D eigenvalue weighted by Crippen LogP contribution is -2.43. The Hall–Kier alpha value is -0.380. The average Bonchev–Trinajstić information content (AvgIpc) is 2.65. The zero-order valence-electron chi connectivity index (χ0n) is 11.5. The molecule has 2 rings (SSSR count). The maximum atomic E-state index is 6.04. The third kappa shape index (κ3) is 2.63. The van der Waals surface area contributed by atoms with Gasteiger partial charge in [-0.05, 0) is 57.4 Å². The summed E-state index contributed by atoms with van der Waals surface area (Å²) in [5.74, 6) is 0. The van der Waals surface area contributed by atoms with Gasteiger partial charge in [-0.1, -0.05) is 28.1 Å². The lowest BCUT2D eigenvalue weighted by molar-refractivity contribution is 0.119. The van der Waals surface area contributed by atoms with E-state index in [0.717, 1.165) is 6.54 Å². The van der Waals surface area contributed by atoms with E-state index >= 15 is 0 Å². The summed E-state index contributed by atoms with van der Waals surface area (Å²) >= 11 is 3.62. The topological polar surface area (TPSA) is 29.3 Å². The zero-order valence-corrected chi connectivity index (χ0v) is 13.1. The quantitative estimate of drug-likeness (QED) is 0.923. The highest BCUT2D eigenvalue weighted by molar-refractivity contribution is 9.10. The van der Waals surface area contributed by atoms with Gasteiger partial charge in [-0.15, -0.1) is 0 Å². The highest BCUT2D eigenvalue weighted by Gasteiger charge is 2.36. The number of likely N-dealkylation sites (tertiary alicyclic amines) is 1. The molecule has 1 aliphatic heterocycles. The fourth-order valence-electron chi connectivity index (χ4n) is 2.97. The number of nitrogens with zero attached hydrogens (tertiary/aromatic N) is 1. The molecule has 0 radical (unpaired) electrons. The van der Waals surface area contributed by atoms with Crippen molar-refractivity contribution in [3.63, 3.8) is 0 Å². The molecule has 3 heteroatoms. The Morgan fingerprint density at radius 3 is 2.67 bits per heavy atom. The summed E-state index contributed by atoms with van der Waals surface area (Å²) in [4.78, 5) is 2.56. The third-order valence-corrected chi connectivity index (χ3v) is 5.00. The lowest BCUT2D eigenvalue weighted by atomic mass is 9.97. The first-order valence-electron chi connectivity index (χ1n) is 6.68. The van der Waals surface area contributed by atoms with Gasteiger partial charge in [-0.2, -0.15) is 0 Å². The average molecular weight is 311 g/mol. The maximum Gasteiger partial charge on any atom is 0.0476 e. The molecule has 0 bridgehead atoms. The van der Waals surface area contributed by atoms with Crippen LogP contribution < -0.4 is 5.73 Å². The molecule has 1 aromatic rings. The maximum absolute atomic E-state index is 6.04. The number of hydrogen-bond acceptors (Lipinski definition) is 2. The minimum absolute atomic E-state index is 0.265. The van der Waals surface area contributed by atoms with Gasteiger partial charge < -0.3 is 5.73 Å². The van der Waals surface area contributed by atoms with Gasteiger partial charge in [0.05, 0.1) is 0 Å². The van der Waals surface area contributed by atoms with Crippen LogP contribution in [-0.2, 0) is 0 Å². The van der Waals surface area contributed by atoms with E-state index in [0.29, 0.717) is 12.6 Å². The van der Waals surface area contributed by atoms with Gasteiger partial charge in [0, 0.05) is 22.6 Å². The van der Waals surface area contributed by atoms with Gasteiger partial charge in [0.2, 0.25) is 0 Å². The molecule has 2 nitrogen and oxygen atoms in total. The molecule has 1 unspecified atom stereocenters. The second-order valence-electron chi connectivity index (χ2n) is 5.87. The van der Waals surface area contributed by atoms with Gasteiger partial charge in [0.15, 0.2) is 0 Å². The number of nitrogens with two attached hydrogens (primary N) is 1. The Balaban J connectivity index is 2.30. The standard InChI is InChI=1S/C15H23BrN2/c1-11-5-6-12(9-13(11)16)14(10-17)18-8-4-7-15(18,2)3/h5-6,9,14H,4,7-8,10,17H2,1-3H3. The fourth-order valence-corrected chi connectivity index (χ4v) is 3.36. The second kappa shape index (κ2) is 5.32. The smallest absolute Gasteiger partial charge is 0.0476 e. The predicted octanol–water partition coefficient (Wildman–Crippen LogP) is 3.63. The first kappa shape index (κ1) is 14.0. The van der Waals surface area contributed by atoms with E-state index in [2.05, 4.69) is 59.8 Å². The van der Waals surface area contributed by atoms with Crippen molar-refractivity contribution < 1.29 is 0 Å². The Morgan fingerprint density at radius 2 is 2.17 bits per heavy atom. The Morgan fingerprint density at radius 1 is 1.44 bits per heavy atom. The zero-order chi connectivity index (χ0) is 13.3. The molecule has 1 aromatic carbocycles. The number of benzene rings is 1. The van der Waals surface area contributed by atoms with E-state index in [9.17, 15) is 0 Å². The SMILES string of the molecule is Cc1ccc(C(CN)N2CCCC2(C)C)cc1Br. The number of halogens is 1. The summed E-state index contributed by atoms with van der Waals surface area (Å²) in [6.07, 6.45) is 2.53. The van der Waals surface area contributed by atoms with Crippen molar-refractivity contribution >= 4 is 15.9 Å². The summed E-state index contributed by atoms with van der Waals surface area (Å²) < 4.78 is 1.18. The molecular weight excluding hydrogens is 288 g/mol. The van der Waals surface area contributed by atoms with Crippen LogP contribution in [0.5, 0.6) is 0 Å². The van der Waals surface area contributed by atoms with E-state index in [4.69, 9.17) is 5.73 Å². The Labute approximate surface area is 119 Å². The van der Waals surface area contributed by atoms with Crippen molar-refractivity contribution in [2.45, 2.75) is 45.2 Å². The molecule has 0 aliphatic carbocycles.